The Balaban J connectivity index is 0.000000193. The van der Waals surface area contributed by atoms with Crippen molar-refractivity contribution in [2.24, 2.45) is 43.2 Å². The Labute approximate surface area is 434 Å². The second kappa shape index (κ2) is 27.5. The fourth-order valence-electron chi connectivity index (χ4n) is 6.78. The van der Waals surface area contributed by atoms with Crippen molar-refractivity contribution in [1.29, 1.82) is 5.26 Å². The predicted octanol–water partition coefficient (Wildman–Crippen LogP) is 10.4. The SMILES string of the molecule is CC1=C(C)CN=C1.CC1=NCC(C)=C1C.COc1ccc(-c2cnn(C)c2C)cc1.Cc1c(C#N)cnn1C.Cc1c2c(=O)[nH]c(-c3ccccc3)nc2nn1C.[C-]#[N+]C1=NCC=C1C.[C-]#[N+]c1nn(C)cc1C. The van der Waals surface area contributed by atoms with Crippen molar-refractivity contribution < 1.29 is 4.74 Å². The normalized spacial score (nSPS) is 12.7. The van der Waals surface area contributed by atoms with E-state index in [-0.39, 0.29) is 5.56 Å². The summed E-state index contributed by atoms with van der Waals surface area (Å²) in [5.41, 5.74) is 15.8. The number of aromatic nitrogens is 10. The first-order valence-electron chi connectivity index (χ1n) is 23.6. The standard InChI is InChI=1S/C13H12N4O.C12H14N2O.C7H11N.2C6H7N3.C6H6N2.C6H9N/c1-8-10-12(16-17(8)2)14-11(15-13(10)18)9-6-4-3-5-7-9;1-9-12(8-13-14(9)2)10-4-6-11(15-3)7-5-10;1-5-4-8-7(3)6(5)2;1-5-6(3-7)4-8-9(5)2;1-5-4-9(3)8-6(5)7-2;1-5-3-4-8-6(5)7-2;1-5-3-7-4-6(5)2/h3-7H,1-2H3,(H,14,15,16,18);4-8H,1-3H3;4H2,1-3H3;4H,1-2H3;4H,1,3H3;3H,4H2,1H3;3H,4H2,1-2H3. The van der Waals surface area contributed by atoms with Crippen LogP contribution in [-0.2, 0) is 28.2 Å². The monoisotopic (exact) mass is 995 g/mol. The molecule has 18 nitrogen and oxygen atoms in total. The molecule has 1 N–H and O–H groups in total. The number of aromatic amines is 1. The van der Waals surface area contributed by atoms with Crippen LogP contribution in [0, 0.1) is 52.2 Å². The number of methoxy groups -OCH3 is 1. The number of rotatable bonds is 3. The summed E-state index contributed by atoms with van der Waals surface area (Å²) in [6.45, 7) is 35.9. The minimum Gasteiger partial charge on any atom is -0.497 e. The van der Waals surface area contributed by atoms with E-state index < -0.39 is 0 Å². The van der Waals surface area contributed by atoms with Gasteiger partial charge < -0.3 is 19.4 Å². The maximum Gasteiger partial charge on any atom is 0.298 e. The molecule has 0 bridgehead atoms. The zero-order valence-electron chi connectivity index (χ0n) is 45.2. The van der Waals surface area contributed by atoms with Gasteiger partial charge in [0.1, 0.15) is 29.6 Å². The topological polar surface area (TPSA) is 196 Å². The first-order chi connectivity index (χ1) is 35.2. The molecule has 2 aromatic carbocycles. The van der Waals surface area contributed by atoms with E-state index in [4.69, 9.17) is 23.1 Å². The lowest BCUT2D eigenvalue weighted by Gasteiger charge is -2.03. The third-order valence-electron chi connectivity index (χ3n) is 12.2. The number of nitrogens with zero attached hydrogens (tertiary/aromatic N) is 15. The van der Waals surface area contributed by atoms with Crippen molar-refractivity contribution in [1.82, 2.24) is 49.1 Å². The minimum absolute atomic E-state index is 0.149. The summed E-state index contributed by atoms with van der Waals surface area (Å²) >= 11 is 0. The van der Waals surface area contributed by atoms with Gasteiger partial charge in [-0.2, -0.15) is 25.6 Å². The molecule has 382 valence electrons. The zero-order chi connectivity index (χ0) is 54.6. The molecule has 7 aromatic rings. The van der Waals surface area contributed by atoms with Gasteiger partial charge in [-0.3, -0.25) is 28.8 Å². The number of hydrogen-bond acceptors (Lipinski definition) is 11. The summed E-state index contributed by atoms with van der Waals surface area (Å²) in [7, 11) is 9.04. The third-order valence-corrected chi connectivity index (χ3v) is 12.2. The number of amidine groups is 1. The third kappa shape index (κ3) is 15.7. The van der Waals surface area contributed by atoms with Crippen LogP contribution >= 0.6 is 0 Å². The molecule has 0 aliphatic carbocycles. The second-order valence-electron chi connectivity index (χ2n) is 17.4. The Morgan fingerprint density at radius 3 is 1.78 bits per heavy atom. The summed E-state index contributed by atoms with van der Waals surface area (Å²) in [6, 6.07) is 19.6. The number of nitrogens with one attached hydrogen (secondary N) is 1. The molecule has 3 aliphatic heterocycles. The molecule has 0 radical (unpaired) electrons. The Morgan fingerprint density at radius 1 is 0.743 bits per heavy atom. The van der Waals surface area contributed by atoms with E-state index in [1.165, 1.54) is 44.8 Å². The van der Waals surface area contributed by atoms with Crippen LogP contribution in [-0.4, -0.2) is 93.6 Å². The number of H-pyrrole nitrogens is 1. The molecule has 10 rings (SSSR count). The molecule has 3 aliphatic rings. The molecule has 0 spiro atoms. The molecular weight excluding hydrogens is 929 g/mol. The van der Waals surface area contributed by atoms with Crippen LogP contribution in [0.1, 0.15) is 69.8 Å². The Kier molecular flexibility index (Phi) is 21.4. The van der Waals surface area contributed by atoms with Gasteiger partial charge >= 0.3 is 0 Å². The van der Waals surface area contributed by atoms with Gasteiger partial charge in [-0.05, 0) is 132 Å². The Morgan fingerprint density at radius 2 is 1.41 bits per heavy atom. The number of benzene rings is 2. The number of fused-ring (bicyclic) bond motifs is 1. The molecular formula is C56H66N16O2. The van der Waals surface area contributed by atoms with Crippen LogP contribution in [0.5, 0.6) is 5.75 Å². The quantitative estimate of drug-likeness (QED) is 0.169. The fraction of sp³-hybridized carbons (Fsp3) is 0.321. The summed E-state index contributed by atoms with van der Waals surface area (Å²) in [5, 5.41) is 25.2. The van der Waals surface area contributed by atoms with E-state index >= 15 is 0 Å². The van der Waals surface area contributed by atoms with Crippen molar-refractivity contribution >= 4 is 34.6 Å². The first kappa shape index (κ1) is 57.5. The fourth-order valence-corrected chi connectivity index (χ4v) is 6.78. The van der Waals surface area contributed by atoms with E-state index in [0.717, 1.165) is 46.9 Å². The van der Waals surface area contributed by atoms with E-state index in [0.29, 0.717) is 40.6 Å². The highest BCUT2D eigenvalue weighted by atomic mass is 16.5. The molecule has 0 fully saturated rings. The van der Waals surface area contributed by atoms with Gasteiger partial charge in [0.2, 0.25) is 0 Å². The molecule has 0 atom stereocenters. The average Bonchev–Trinajstić information content (AvgIpc) is 4.30. The Hall–Kier alpha value is -9.08. The maximum atomic E-state index is 12.1. The highest BCUT2D eigenvalue weighted by molar-refractivity contribution is 6.06. The lowest BCUT2D eigenvalue weighted by molar-refractivity contribution is 0.415. The summed E-state index contributed by atoms with van der Waals surface area (Å²) in [5.74, 6) is 2.49. The molecule has 8 heterocycles. The summed E-state index contributed by atoms with van der Waals surface area (Å²) in [4.78, 5) is 37.9. The highest BCUT2D eigenvalue weighted by Gasteiger charge is 2.13. The van der Waals surface area contributed by atoms with Gasteiger partial charge in [-0.25, -0.2) is 9.67 Å². The molecule has 18 heteroatoms. The van der Waals surface area contributed by atoms with Gasteiger partial charge in [0.05, 0.1) is 49.5 Å². The summed E-state index contributed by atoms with van der Waals surface area (Å²) in [6.07, 6.45) is 9.16. The van der Waals surface area contributed by atoms with Crippen LogP contribution in [0.25, 0.3) is 43.2 Å². The van der Waals surface area contributed by atoms with Crippen LogP contribution in [0.3, 0.4) is 0 Å². The number of ether oxygens (including phenoxy) is 1. The number of aryl methyl sites for hydroxylation is 6. The largest absolute Gasteiger partial charge is 0.497 e. The lowest BCUT2D eigenvalue weighted by atomic mass is 10.1. The first-order valence-corrected chi connectivity index (χ1v) is 23.6. The minimum atomic E-state index is -0.149. The van der Waals surface area contributed by atoms with Crippen LogP contribution < -0.4 is 10.3 Å². The van der Waals surface area contributed by atoms with Gasteiger partial charge in [-0.1, -0.05) is 55.6 Å². The van der Waals surface area contributed by atoms with Crippen molar-refractivity contribution in [2.45, 2.75) is 69.2 Å². The van der Waals surface area contributed by atoms with Crippen molar-refractivity contribution in [2.75, 3.05) is 26.7 Å². The highest BCUT2D eigenvalue weighted by Crippen LogP contribution is 2.25. The van der Waals surface area contributed by atoms with Gasteiger partial charge in [-0.15, -0.1) is 0 Å². The number of hydrogen-bond donors (Lipinski definition) is 1. The second-order valence-corrected chi connectivity index (χ2v) is 17.4. The molecule has 0 saturated carbocycles. The number of allylic oxidation sites excluding steroid dienone is 2. The molecule has 0 amide bonds. The number of nitriles is 1. The van der Waals surface area contributed by atoms with Crippen LogP contribution in [0.4, 0.5) is 5.82 Å². The number of aliphatic imine (C=N–C) groups is 3. The van der Waals surface area contributed by atoms with Crippen LogP contribution in [0.15, 0.2) is 127 Å². The molecule has 0 unspecified atom stereocenters. The summed E-state index contributed by atoms with van der Waals surface area (Å²) < 4.78 is 12.0. The maximum absolute atomic E-state index is 12.1. The molecule has 5 aromatic heterocycles. The van der Waals surface area contributed by atoms with E-state index in [2.05, 4.69) is 96.6 Å². The van der Waals surface area contributed by atoms with Gasteiger partial charge in [0.15, 0.2) is 5.65 Å². The van der Waals surface area contributed by atoms with Crippen molar-refractivity contribution in [3.8, 4) is 34.3 Å². The molecule has 0 saturated heterocycles. The van der Waals surface area contributed by atoms with Crippen molar-refractivity contribution in [3.63, 3.8) is 0 Å². The molecule has 74 heavy (non-hydrogen) atoms. The van der Waals surface area contributed by atoms with Crippen molar-refractivity contribution in [3.05, 3.63) is 169 Å². The van der Waals surface area contributed by atoms with Gasteiger partial charge in [0.25, 0.3) is 17.2 Å². The van der Waals surface area contributed by atoms with Gasteiger partial charge in [0, 0.05) is 63.1 Å². The Bertz CT molecular complexity index is 3420. The van der Waals surface area contributed by atoms with E-state index in [9.17, 15) is 4.79 Å². The zero-order valence-corrected chi connectivity index (χ0v) is 45.2. The van der Waals surface area contributed by atoms with E-state index in [1.807, 2.05) is 139 Å². The smallest absolute Gasteiger partial charge is 0.298 e. The van der Waals surface area contributed by atoms with Crippen LogP contribution in [0.2, 0.25) is 0 Å². The predicted molar refractivity (Wildman–Crippen MR) is 297 cm³/mol. The van der Waals surface area contributed by atoms with E-state index in [1.54, 1.807) is 34.4 Å². The average molecular weight is 995 g/mol. The lowest BCUT2D eigenvalue weighted by Crippen LogP contribution is -2.09.